The lowest BCUT2D eigenvalue weighted by Crippen LogP contribution is -2.26. The van der Waals surface area contributed by atoms with Gasteiger partial charge in [0.2, 0.25) is 0 Å². The third kappa shape index (κ3) is 6.57. The summed E-state index contributed by atoms with van der Waals surface area (Å²) in [5, 5.41) is 14.7. The fraction of sp³-hybridized carbons (Fsp3) is 0.0517. The molecule has 0 fully saturated rings. The number of nitrogens with two attached hydrogens (primary N) is 2. The van der Waals surface area contributed by atoms with Gasteiger partial charge in [0.1, 0.15) is 5.84 Å². The van der Waals surface area contributed by atoms with Gasteiger partial charge in [0.25, 0.3) is 0 Å². The van der Waals surface area contributed by atoms with E-state index in [2.05, 4.69) is 184 Å². The van der Waals surface area contributed by atoms with Gasteiger partial charge in [-0.2, -0.15) is 0 Å². The highest BCUT2D eigenvalue weighted by molar-refractivity contribution is 6.20. The molecule has 0 radical (unpaired) electrons. The van der Waals surface area contributed by atoms with Crippen LogP contribution in [0.1, 0.15) is 33.4 Å². The van der Waals surface area contributed by atoms with Crippen molar-refractivity contribution in [2.75, 3.05) is 0 Å². The molecule has 61 heavy (non-hydrogen) atoms. The minimum absolute atomic E-state index is 0.0184. The largest absolute Gasteiger partial charge is 0.384 e. The van der Waals surface area contributed by atoms with Crippen LogP contribution in [-0.4, -0.2) is 5.84 Å². The van der Waals surface area contributed by atoms with Gasteiger partial charge in [-0.15, -0.1) is 0 Å². The van der Waals surface area contributed by atoms with Crippen molar-refractivity contribution in [1.82, 2.24) is 0 Å². The maximum atomic E-state index is 6.95. The zero-order chi connectivity index (χ0) is 42.1. The highest BCUT2D eigenvalue weighted by Gasteiger charge is 2.53. The SMILES string of the molecule is C=C/C=C(\C=C)C(=N)N.Cc1ccccc1.NCc1cccc(-c2ccc3cc4c(cc3c2)C2(c3ccccc3-c3ccccc32)c2c-4c3ccccc3c3ccccc23)c1. The molecule has 0 aromatic heterocycles. The molecule has 9 aromatic carbocycles. The standard InChI is InChI=1S/C44H29N.C7H10N2.C7H8/c45-26-27-10-9-11-28(22-27)29-20-21-30-24-38-41(25-31(30)23-29)44(39-18-7-5-14-34(39)35-15-6-8-19-40(35)44)43-37-17-4-2-13-33(37)32-12-1-3-16-36(32)42(38)43;1-3-5-6(4-2)7(8)9;1-7-5-3-2-4-6-7/h1-25H,26,45H2;3-5H,1-2H2,(H3,8,9);2-6H,1H3/b;6-5+;. The number of nitrogens with one attached hydrogen (secondary N) is 1. The predicted octanol–water partition coefficient (Wildman–Crippen LogP) is 13.8. The van der Waals surface area contributed by atoms with Gasteiger partial charge in [0.05, 0.1) is 5.41 Å². The molecular weight excluding hydrogens is 739 g/mol. The number of hydrogen-bond acceptors (Lipinski definition) is 2. The summed E-state index contributed by atoms with van der Waals surface area (Å²) in [6.07, 6.45) is 4.72. The fourth-order valence-electron chi connectivity index (χ4n) is 9.54. The Hall–Kier alpha value is -7.59. The first-order valence-corrected chi connectivity index (χ1v) is 20.7. The lowest BCUT2D eigenvalue weighted by atomic mass is 9.69. The summed E-state index contributed by atoms with van der Waals surface area (Å²) in [6, 6.07) is 67.0. The summed E-state index contributed by atoms with van der Waals surface area (Å²) in [5.41, 5.74) is 27.1. The second-order valence-corrected chi connectivity index (χ2v) is 15.7. The number of fused-ring (bicyclic) bond motifs is 16. The normalized spacial score (nSPS) is 12.7. The van der Waals surface area contributed by atoms with Crippen LogP contribution in [0.2, 0.25) is 0 Å². The highest BCUT2D eigenvalue weighted by Crippen LogP contribution is 2.65. The fourth-order valence-corrected chi connectivity index (χ4v) is 9.54. The van der Waals surface area contributed by atoms with Crippen molar-refractivity contribution in [3.8, 4) is 33.4 Å². The van der Waals surface area contributed by atoms with Gasteiger partial charge in [-0.05, 0) is 125 Å². The summed E-state index contributed by atoms with van der Waals surface area (Å²) in [6.45, 7) is 9.54. The molecule has 294 valence electrons. The highest BCUT2D eigenvalue weighted by atomic mass is 14.7. The molecule has 0 unspecified atom stereocenters. The van der Waals surface area contributed by atoms with Crippen LogP contribution < -0.4 is 11.5 Å². The van der Waals surface area contributed by atoms with E-state index < -0.39 is 5.41 Å². The first-order valence-electron chi connectivity index (χ1n) is 20.7. The van der Waals surface area contributed by atoms with E-state index in [0.29, 0.717) is 12.1 Å². The Kier molecular flexibility index (Phi) is 10.3. The molecule has 0 amide bonds. The van der Waals surface area contributed by atoms with Gasteiger partial charge in [0, 0.05) is 12.1 Å². The van der Waals surface area contributed by atoms with Crippen LogP contribution in [-0.2, 0) is 12.0 Å². The molecule has 0 saturated carbocycles. The molecule has 0 aliphatic heterocycles. The molecule has 5 N–H and O–H groups in total. The predicted molar refractivity (Wildman–Crippen MR) is 260 cm³/mol. The van der Waals surface area contributed by atoms with E-state index in [-0.39, 0.29) is 5.84 Å². The van der Waals surface area contributed by atoms with Crippen molar-refractivity contribution in [1.29, 1.82) is 5.41 Å². The van der Waals surface area contributed by atoms with Crippen molar-refractivity contribution >= 4 is 38.2 Å². The van der Waals surface area contributed by atoms with Gasteiger partial charge in [0.15, 0.2) is 0 Å². The average molecular weight is 786 g/mol. The van der Waals surface area contributed by atoms with Gasteiger partial charge >= 0.3 is 0 Å². The summed E-state index contributed by atoms with van der Waals surface area (Å²) in [7, 11) is 0. The molecule has 11 rings (SSSR count). The Labute approximate surface area is 358 Å². The summed E-state index contributed by atoms with van der Waals surface area (Å²) < 4.78 is 0. The lowest BCUT2D eigenvalue weighted by molar-refractivity contribution is 0.803. The third-order valence-electron chi connectivity index (χ3n) is 12.2. The second-order valence-electron chi connectivity index (χ2n) is 15.7. The summed E-state index contributed by atoms with van der Waals surface area (Å²) in [5.74, 6) is 0.0184. The molecule has 2 aliphatic rings. The Bertz CT molecular complexity index is 3160. The van der Waals surface area contributed by atoms with Crippen molar-refractivity contribution in [2.45, 2.75) is 18.9 Å². The molecule has 0 heterocycles. The van der Waals surface area contributed by atoms with Gasteiger partial charge < -0.3 is 11.5 Å². The molecule has 3 heteroatoms. The Morgan fingerprint density at radius 1 is 0.557 bits per heavy atom. The Morgan fingerprint density at radius 3 is 1.74 bits per heavy atom. The van der Waals surface area contributed by atoms with E-state index >= 15 is 0 Å². The monoisotopic (exact) mass is 785 g/mol. The third-order valence-corrected chi connectivity index (χ3v) is 12.2. The molecular formula is C58H47N3. The van der Waals surface area contributed by atoms with Crippen LogP contribution in [0, 0.1) is 12.3 Å². The lowest BCUT2D eigenvalue weighted by Gasteiger charge is -2.32. The minimum Gasteiger partial charge on any atom is -0.384 e. The maximum absolute atomic E-state index is 6.95. The summed E-state index contributed by atoms with van der Waals surface area (Å²) >= 11 is 0. The molecule has 1 spiro atoms. The molecule has 0 atom stereocenters. The molecule has 2 aliphatic carbocycles. The van der Waals surface area contributed by atoms with E-state index in [0.717, 1.165) is 5.56 Å². The van der Waals surface area contributed by atoms with E-state index in [4.69, 9.17) is 16.9 Å². The molecule has 3 nitrogen and oxygen atoms in total. The number of hydrogen-bond donors (Lipinski definition) is 3. The zero-order valence-electron chi connectivity index (χ0n) is 34.3. The van der Waals surface area contributed by atoms with Gasteiger partial charge in [-0.25, -0.2) is 0 Å². The van der Waals surface area contributed by atoms with Crippen molar-refractivity contribution in [3.63, 3.8) is 0 Å². The Balaban J connectivity index is 0.000000252. The quantitative estimate of drug-likeness (QED) is 0.0703. The van der Waals surface area contributed by atoms with Crippen LogP contribution >= 0.6 is 0 Å². The van der Waals surface area contributed by atoms with Crippen LogP contribution in [0.25, 0.3) is 65.7 Å². The van der Waals surface area contributed by atoms with Gasteiger partial charge in [-0.1, -0.05) is 195 Å². The zero-order valence-corrected chi connectivity index (χ0v) is 34.3. The Morgan fingerprint density at radius 2 is 1.15 bits per heavy atom. The topological polar surface area (TPSA) is 75.9 Å². The van der Waals surface area contributed by atoms with Crippen LogP contribution in [0.5, 0.6) is 0 Å². The van der Waals surface area contributed by atoms with E-state index in [1.54, 1.807) is 12.2 Å². The summed E-state index contributed by atoms with van der Waals surface area (Å²) in [4.78, 5) is 0. The second kappa shape index (κ2) is 16.2. The van der Waals surface area contributed by atoms with Gasteiger partial charge in [-0.3, -0.25) is 5.41 Å². The van der Waals surface area contributed by atoms with E-state index in [1.165, 1.54) is 99.6 Å². The van der Waals surface area contributed by atoms with Crippen molar-refractivity contribution < 1.29 is 0 Å². The maximum Gasteiger partial charge on any atom is 0.122 e. The average Bonchev–Trinajstić information content (AvgIpc) is 3.78. The molecule has 0 bridgehead atoms. The smallest absolute Gasteiger partial charge is 0.122 e. The first kappa shape index (κ1) is 38.9. The van der Waals surface area contributed by atoms with E-state index in [1.807, 2.05) is 18.2 Å². The van der Waals surface area contributed by atoms with Crippen LogP contribution in [0.4, 0.5) is 0 Å². The van der Waals surface area contributed by atoms with Crippen LogP contribution in [0.3, 0.4) is 0 Å². The number of aryl methyl sites for hydroxylation is 1. The number of allylic oxidation sites excluding steroid dienone is 2. The minimum atomic E-state index is -0.425. The van der Waals surface area contributed by atoms with Crippen molar-refractivity contribution in [2.24, 2.45) is 11.5 Å². The number of benzene rings is 9. The van der Waals surface area contributed by atoms with Crippen LogP contribution in [0.15, 0.2) is 219 Å². The number of rotatable bonds is 5. The first-order chi connectivity index (χ1) is 29.9. The molecule has 9 aromatic rings. The number of amidine groups is 1. The van der Waals surface area contributed by atoms with Crippen molar-refractivity contribution in [3.05, 3.63) is 252 Å². The van der Waals surface area contributed by atoms with E-state index in [9.17, 15) is 0 Å². The molecule has 0 saturated heterocycles.